The van der Waals surface area contributed by atoms with Crippen molar-refractivity contribution in [2.45, 2.75) is 24.5 Å². The number of aliphatic hydroxyl groups excluding tert-OH is 3. The summed E-state index contributed by atoms with van der Waals surface area (Å²) in [5.41, 5.74) is 3.29. The molecular weight excluding hydrogens is 310 g/mol. The van der Waals surface area contributed by atoms with Crippen molar-refractivity contribution in [1.29, 1.82) is 0 Å². The molecule has 1 fully saturated rings. The predicted molar refractivity (Wildman–Crippen MR) is 86.0 cm³/mol. The Balaban J connectivity index is 1.72. The molecule has 3 heterocycles. The summed E-state index contributed by atoms with van der Waals surface area (Å²) in [7, 11) is 0. The van der Waals surface area contributed by atoms with Crippen molar-refractivity contribution >= 4 is 11.0 Å². The highest BCUT2D eigenvalue weighted by atomic mass is 16.6. The molecule has 0 bridgehead atoms. The number of aliphatic hydroxyl groups is 3. The van der Waals surface area contributed by atoms with Gasteiger partial charge >= 0.3 is 0 Å². The van der Waals surface area contributed by atoms with Gasteiger partial charge < -0.3 is 24.6 Å². The van der Waals surface area contributed by atoms with Crippen molar-refractivity contribution in [3.63, 3.8) is 0 Å². The molecule has 3 N–H and O–H groups in total. The molecule has 0 spiro atoms. The molecule has 3 aromatic rings. The fourth-order valence-corrected chi connectivity index (χ4v) is 3.04. The maximum Gasteiger partial charge on any atom is 0.164 e. The van der Waals surface area contributed by atoms with Gasteiger partial charge in [0.05, 0.1) is 29.7 Å². The Hall–Kier alpha value is -2.32. The van der Waals surface area contributed by atoms with E-state index in [0.717, 1.165) is 22.3 Å². The van der Waals surface area contributed by atoms with E-state index in [4.69, 9.17) is 4.74 Å². The molecule has 7 heteroatoms. The second-order valence-electron chi connectivity index (χ2n) is 5.80. The van der Waals surface area contributed by atoms with E-state index in [1.165, 1.54) is 0 Å². The van der Waals surface area contributed by atoms with Crippen molar-refractivity contribution in [2.75, 3.05) is 6.61 Å². The van der Waals surface area contributed by atoms with Crippen LogP contribution in [0.1, 0.15) is 6.23 Å². The first-order valence-electron chi connectivity index (χ1n) is 7.69. The van der Waals surface area contributed by atoms with Gasteiger partial charge in [0.15, 0.2) is 6.23 Å². The van der Waals surface area contributed by atoms with E-state index in [9.17, 15) is 15.3 Å². The van der Waals surface area contributed by atoms with Crippen molar-refractivity contribution in [1.82, 2.24) is 14.5 Å². The van der Waals surface area contributed by atoms with E-state index >= 15 is 0 Å². The molecule has 1 aliphatic rings. The number of aromatic nitrogens is 3. The van der Waals surface area contributed by atoms with Gasteiger partial charge in [0, 0.05) is 11.8 Å². The molecule has 7 nitrogen and oxygen atoms in total. The summed E-state index contributed by atoms with van der Waals surface area (Å²) < 4.78 is 7.23. The highest BCUT2D eigenvalue weighted by Crippen LogP contribution is 2.32. The minimum atomic E-state index is -1.13. The van der Waals surface area contributed by atoms with Gasteiger partial charge in [-0.1, -0.05) is 12.1 Å². The Kier molecular flexibility index (Phi) is 3.78. The lowest BCUT2D eigenvalue weighted by Crippen LogP contribution is -2.33. The Morgan fingerprint density at radius 3 is 2.67 bits per heavy atom. The molecule has 4 rings (SSSR count). The monoisotopic (exact) mass is 327 g/mol. The second kappa shape index (κ2) is 5.95. The molecule has 4 atom stereocenters. The quantitative estimate of drug-likeness (QED) is 0.655. The molecule has 0 amide bonds. The fourth-order valence-electron chi connectivity index (χ4n) is 3.04. The summed E-state index contributed by atoms with van der Waals surface area (Å²) in [6, 6.07) is 11.4. The first-order valence-corrected chi connectivity index (χ1v) is 7.69. The zero-order valence-corrected chi connectivity index (χ0v) is 12.7. The first kappa shape index (κ1) is 15.2. The maximum absolute atomic E-state index is 10.2. The van der Waals surface area contributed by atoms with E-state index in [1.54, 1.807) is 17.1 Å². The van der Waals surface area contributed by atoms with Crippen LogP contribution in [0.4, 0.5) is 0 Å². The zero-order chi connectivity index (χ0) is 16.7. The second-order valence-corrected chi connectivity index (χ2v) is 5.80. The van der Waals surface area contributed by atoms with Crippen molar-refractivity contribution in [3.8, 4) is 11.3 Å². The van der Waals surface area contributed by atoms with E-state index in [-0.39, 0.29) is 6.61 Å². The SMILES string of the molecule is OC[C@H]1O[C@@H](n2cnc3cc(-c4ccccn4)ccc32)[C@H](O)[C@@H]1O. The number of ether oxygens (including phenoxy) is 1. The molecule has 2 aromatic heterocycles. The molecule has 1 aliphatic heterocycles. The van der Waals surface area contributed by atoms with Crippen molar-refractivity contribution in [2.24, 2.45) is 0 Å². The Labute approximate surface area is 137 Å². The summed E-state index contributed by atoms with van der Waals surface area (Å²) >= 11 is 0. The third-order valence-corrected chi connectivity index (χ3v) is 4.33. The highest BCUT2D eigenvalue weighted by molar-refractivity contribution is 5.81. The number of fused-ring (bicyclic) bond motifs is 1. The van der Waals surface area contributed by atoms with E-state index in [1.807, 2.05) is 36.4 Å². The third-order valence-electron chi connectivity index (χ3n) is 4.33. The minimum Gasteiger partial charge on any atom is -0.394 e. The molecule has 124 valence electrons. The summed E-state index contributed by atoms with van der Waals surface area (Å²) in [4.78, 5) is 8.68. The highest BCUT2D eigenvalue weighted by Gasteiger charge is 2.43. The average molecular weight is 327 g/mol. The van der Waals surface area contributed by atoms with Crippen LogP contribution in [-0.4, -0.2) is 54.8 Å². The van der Waals surface area contributed by atoms with Gasteiger partial charge in [0.1, 0.15) is 18.3 Å². The van der Waals surface area contributed by atoms with Gasteiger partial charge in [-0.3, -0.25) is 4.98 Å². The lowest BCUT2D eigenvalue weighted by Gasteiger charge is -2.17. The van der Waals surface area contributed by atoms with Gasteiger partial charge in [-0.15, -0.1) is 0 Å². The van der Waals surface area contributed by atoms with Gasteiger partial charge in [0.25, 0.3) is 0 Å². The summed E-state index contributed by atoms with van der Waals surface area (Å²) in [5.74, 6) is 0. The van der Waals surface area contributed by atoms with Crippen LogP contribution < -0.4 is 0 Å². The lowest BCUT2D eigenvalue weighted by atomic mass is 10.1. The maximum atomic E-state index is 10.2. The Bertz CT molecular complexity index is 851. The molecule has 1 aromatic carbocycles. The largest absolute Gasteiger partial charge is 0.394 e. The van der Waals surface area contributed by atoms with Crippen molar-refractivity contribution in [3.05, 3.63) is 48.9 Å². The summed E-state index contributed by atoms with van der Waals surface area (Å²) in [6.45, 7) is -0.356. The van der Waals surface area contributed by atoms with Crippen LogP contribution in [0.3, 0.4) is 0 Å². The Morgan fingerprint density at radius 1 is 1.08 bits per heavy atom. The third kappa shape index (κ3) is 2.38. The number of benzene rings is 1. The van der Waals surface area contributed by atoms with Crippen LogP contribution >= 0.6 is 0 Å². The standard InChI is InChI=1S/C17H17N3O4/c21-8-14-15(22)16(23)17(24-14)20-9-19-12-7-10(4-5-13(12)20)11-3-1-2-6-18-11/h1-7,9,14-17,21-23H,8H2/t14-,15-,16-,17-/m1/s1. The van der Waals surface area contributed by atoms with Crippen LogP contribution in [0.25, 0.3) is 22.3 Å². The molecule has 24 heavy (non-hydrogen) atoms. The molecule has 0 saturated carbocycles. The first-order chi connectivity index (χ1) is 11.7. The number of pyridine rings is 1. The minimum absolute atomic E-state index is 0.356. The van der Waals surface area contributed by atoms with Crippen LogP contribution in [0, 0.1) is 0 Å². The van der Waals surface area contributed by atoms with Gasteiger partial charge in [0.2, 0.25) is 0 Å². The number of imidazole rings is 1. The van der Waals surface area contributed by atoms with Crippen LogP contribution in [0.2, 0.25) is 0 Å². The number of nitrogens with zero attached hydrogens (tertiary/aromatic N) is 3. The smallest absolute Gasteiger partial charge is 0.164 e. The van der Waals surface area contributed by atoms with E-state index in [2.05, 4.69) is 9.97 Å². The molecule has 0 aliphatic carbocycles. The molecule has 0 unspecified atom stereocenters. The van der Waals surface area contributed by atoms with E-state index < -0.39 is 24.5 Å². The molecular formula is C17H17N3O4. The Morgan fingerprint density at radius 2 is 1.96 bits per heavy atom. The van der Waals surface area contributed by atoms with Crippen LogP contribution in [-0.2, 0) is 4.74 Å². The van der Waals surface area contributed by atoms with Crippen LogP contribution in [0.5, 0.6) is 0 Å². The lowest BCUT2D eigenvalue weighted by molar-refractivity contribution is -0.0508. The predicted octanol–water partition coefficient (Wildman–Crippen LogP) is 0.710. The number of hydrogen-bond acceptors (Lipinski definition) is 6. The van der Waals surface area contributed by atoms with Gasteiger partial charge in [-0.2, -0.15) is 0 Å². The normalized spacial score (nSPS) is 27.0. The summed E-state index contributed by atoms with van der Waals surface area (Å²) in [5, 5.41) is 29.3. The van der Waals surface area contributed by atoms with Gasteiger partial charge in [-0.05, 0) is 24.3 Å². The molecule has 0 radical (unpaired) electrons. The topological polar surface area (TPSA) is 101 Å². The molecule has 1 saturated heterocycles. The number of hydrogen-bond donors (Lipinski definition) is 3. The number of rotatable bonds is 3. The van der Waals surface area contributed by atoms with Crippen molar-refractivity contribution < 1.29 is 20.1 Å². The van der Waals surface area contributed by atoms with Gasteiger partial charge in [-0.25, -0.2) is 4.98 Å². The van der Waals surface area contributed by atoms with Crippen LogP contribution in [0.15, 0.2) is 48.9 Å². The zero-order valence-electron chi connectivity index (χ0n) is 12.7. The summed E-state index contributed by atoms with van der Waals surface area (Å²) in [6.07, 6.45) is -0.567. The van der Waals surface area contributed by atoms with E-state index in [0.29, 0.717) is 0 Å². The fraction of sp³-hybridized carbons (Fsp3) is 0.294. The average Bonchev–Trinajstić information content (AvgIpc) is 3.17.